The molecule has 0 amide bonds. The molecule has 2 atom stereocenters. The number of aliphatic hydroxyl groups is 2. The minimum atomic E-state index is -0.868. The van der Waals surface area contributed by atoms with Gasteiger partial charge in [0.05, 0.1) is 13.2 Å². The van der Waals surface area contributed by atoms with Crippen molar-refractivity contribution in [2.45, 2.75) is 39.2 Å². The van der Waals surface area contributed by atoms with Gasteiger partial charge < -0.3 is 19.7 Å². The third-order valence-corrected chi connectivity index (χ3v) is 5.44. The number of hydrogen-bond acceptors (Lipinski definition) is 4. The van der Waals surface area contributed by atoms with Gasteiger partial charge in [0.1, 0.15) is 24.2 Å². The van der Waals surface area contributed by atoms with E-state index in [1.807, 2.05) is 30.3 Å². The second-order valence-corrected chi connectivity index (χ2v) is 8.16. The van der Waals surface area contributed by atoms with Gasteiger partial charge in [0, 0.05) is 17.2 Å². The molecule has 0 bridgehead atoms. The molecule has 0 saturated heterocycles. The minimum absolute atomic E-state index is 0.0717. The maximum Gasteiger partial charge on any atom is 0.122 e. The molecule has 2 aromatic rings. The molecule has 0 aromatic heterocycles. The van der Waals surface area contributed by atoms with Gasteiger partial charge in [0.2, 0.25) is 0 Å². The van der Waals surface area contributed by atoms with E-state index in [0.29, 0.717) is 24.2 Å². The molecule has 0 spiro atoms. The first-order valence-electron chi connectivity index (χ1n) is 9.60. The molecular weight excluding hydrogens is 376 g/mol. The van der Waals surface area contributed by atoms with Crippen LogP contribution in [0.1, 0.15) is 37.5 Å². The third-order valence-electron chi connectivity index (χ3n) is 4.91. The maximum absolute atomic E-state index is 9.39. The molecule has 2 aromatic carbocycles. The Labute approximate surface area is 173 Å². The Morgan fingerprint density at radius 1 is 1.00 bits per heavy atom. The summed E-state index contributed by atoms with van der Waals surface area (Å²) in [5.41, 5.74) is 3.28. The summed E-state index contributed by atoms with van der Waals surface area (Å²) in [6, 6.07) is 14.1. The number of ether oxygens (including phenoxy) is 2. The molecule has 2 N–H and O–H groups in total. The van der Waals surface area contributed by atoms with Crippen LogP contribution in [-0.2, 0) is 5.41 Å². The first kappa shape index (κ1) is 22.5. The van der Waals surface area contributed by atoms with E-state index in [9.17, 15) is 5.11 Å². The topological polar surface area (TPSA) is 58.9 Å². The van der Waals surface area contributed by atoms with E-state index in [2.05, 4.69) is 39.8 Å². The fourth-order valence-corrected chi connectivity index (χ4v) is 2.95. The van der Waals surface area contributed by atoms with E-state index in [1.165, 1.54) is 5.56 Å². The first-order chi connectivity index (χ1) is 13.3. The predicted octanol–water partition coefficient (Wildman–Crippen LogP) is 4.31. The van der Waals surface area contributed by atoms with Crippen LogP contribution in [0.15, 0.2) is 42.5 Å². The van der Waals surface area contributed by atoms with Crippen molar-refractivity contribution in [2.75, 3.05) is 25.7 Å². The van der Waals surface area contributed by atoms with E-state index < -0.39 is 6.10 Å². The van der Waals surface area contributed by atoms with Crippen molar-refractivity contribution in [3.8, 4) is 11.5 Å². The molecule has 4 nitrogen and oxygen atoms in total. The molecule has 5 heteroatoms. The molecular formula is C23H31ClO4. The molecule has 0 aliphatic heterocycles. The highest BCUT2D eigenvalue weighted by Gasteiger charge is 2.24. The standard InChI is InChI=1S/C23H31ClO4/c1-16(12-24)14-28-22-10-7-19(11-17(22)2)23(3,4)18-5-8-21(9-6-18)27-15-20(26)13-25/h5-11,16,20,25-26H,12-15H2,1-4H3/t16-,20+/m0/s1. The Morgan fingerprint density at radius 2 is 1.64 bits per heavy atom. The number of aryl methyl sites for hydroxylation is 1. The van der Waals surface area contributed by atoms with Crippen LogP contribution in [0.25, 0.3) is 0 Å². The molecule has 0 unspecified atom stereocenters. The molecule has 2 rings (SSSR count). The smallest absolute Gasteiger partial charge is 0.122 e. The third kappa shape index (κ3) is 5.87. The Morgan fingerprint density at radius 3 is 2.21 bits per heavy atom. The molecule has 0 radical (unpaired) electrons. The number of halogens is 1. The molecule has 28 heavy (non-hydrogen) atoms. The Hall–Kier alpha value is -1.75. The maximum atomic E-state index is 9.39. The van der Waals surface area contributed by atoms with Gasteiger partial charge in [-0.15, -0.1) is 11.6 Å². The number of hydrogen-bond donors (Lipinski definition) is 2. The highest BCUT2D eigenvalue weighted by atomic mass is 35.5. The van der Waals surface area contributed by atoms with Gasteiger partial charge in [-0.2, -0.15) is 0 Å². The van der Waals surface area contributed by atoms with Crippen LogP contribution in [0.2, 0.25) is 0 Å². The van der Waals surface area contributed by atoms with E-state index >= 15 is 0 Å². The average molecular weight is 407 g/mol. The number of rotatable bonds is 10. The van der Waals surface area contributed by atoms with E-state index in [1.54, 1.807) is 0 Å². The van der Waals surface area contributed by atoms with Gasteiger partial charge in [-0.1, -0.05) is 45.0 Å². The summed E-state index contributed by atoms with van der Waals surface area (Å²) in [5.74, 6) is 2.46. The van der Waals surface area contributed by atoms with Crippen molar-refractivity contribution >= 4 is 11.6 Å². The monoisotopic (exact) mass is 406 g/mol. The summed E-state index contributed by atoms with van der Waals surface area (Å²) in [6.45, 7) is 8.87. The van der Waals surface area contributed by atoms with Gasteiger partial charge in [-0.3, -0.25) is 0 Å². The summed E-state index contributed by atoms with van der Waals surface area (Å²) < 4.78 is 11.4. The molecule has 154 valence electrons. The predicted molar refractivity (Wildman–Crippen MR) is 114 cm³/mol. The summed E-state index contributed by atoms with van der Waals surface area (Å²) in [6.07, 6.45) is -0.868. The van der Waals surface area contributed by atoms with Gasteiger partial charge in [-0.05, 0) is 41.8 Å². The number of alkyl halides is 1. The zero-order valence-corrected chi connectivity index (χ0v) is 17.9. The van der Waals surface area contributed by atoms with Crippen molar-refractivity contribution in [3.63, 3.8) is 0 Å². The minimum Gasteiger partial charge on any atom is -0.493 e. The van der Waals surface area contributed by atoms with Crippen molar-refractivity contribution < 1.29 is 19.7 Å². The van der Waals surface area contributed by atoms with Gasteiger partial charge in [0.25, 0.3) is 0 Å². The molecule has 0 saturated carbocycles. The Bertz CT molecular complexity index is 743. The van der Waals surface area contributed by atoms with Gasteiger partial charge in [0.15, 0.2) is 0 Å². The molecule has 0 heterocycles. The largest absolute Gasteiger partial charge is 0.493 e. The van der Waals surface area contributed by atoms with Crippen LogP contribution in [-0.4, -0.2) is 42.0 Å². The van der Waals surface area contributed by atoms with Crippen LogP contribution in [0, 0.1) is 12.8 Å². The van der Waals surface area contributed by atoms with Crippen LogP contribution in [0.5, 0.6) is 11.5 Å². The fraction of sp³-hybridized carbons (Fsp3) is 0.478. The summed E-state index contributed by atoms with van der Waals surface area (Å²) >= 11 is 5.85. The highest BCUT2D eigenvalue weighted by molar-refractivity contribution is 6.18. The van der Waals surface area contributed by atoms with Crippen molar-refractivity contribution in [1.82, 2.24) is 0 Å². The quantitative estimate of drug-likeness (QED) is 0.577. The first-order valence-corrected chi connectivity index (χ1v) is 10.1. The van der Waals surface area contributed by atoms with Gasteiger partial charge in [-0.25, -0.2) is 0 Å². The zero-order valence-electron chi connectivity index (χ0n) is 17.1. The van der Waals surface area contributed by atoms with Crippen LogP contribution >= 0.6 is 11.6 Å². The van der Waals surface area contributed by atoms with E-state index in [-0.39, 0.29) is 18.6 Å². The van der Waals surface area contributed by atoms with Crippen molar-refractivity contribution in [2.24, 2.45) is 5.92 Å². The summed E-state index contributed by atoms with van der Waals surface area (Å²) in [5, 5.41) is 18.3. The van der Waals surface area contributed by atoms with Gasteiger partial charge >= 0.3 is 0 Å². The number of benzene rings is 2. The van der Waals surface area contributed by atoms with E-state index in [4.69, 9.17) is 26.2 Å². The highest BCUT2D eigenvalue weighted by Crippen LogP contribution is 2.34. The van der Waals surface area contributed by atoms with Crippen molar-refractivity contribution in [1.29, 1.82) is 0 Å². The number of aliphatic hydroxyl groups excluding tert-OH is 2. The average Bonchev–Trinajstić information content (AvgIpc) is 2.70. The summed E-state index contributed by atoms with van der Waals surface area (Å²) in [4.78, 5) is 0. The molecule has 0 aliphatic carbocycles. The second-order valence-electron chi connectivity index (χ2n) is 7.85. The summed E-state index contributed by atoms with van der Waals surface area (Å²) in [7, 11) is 0. The lowest BCUT2D eigenvalue weighted by Crippen LogP contribution is -2.21. The van der Waals surface area contributed by atoms with E-state index in [0.717, 1.165) is 16.9 Å². The second kappa shape index (κ2) is 10.1. The van der Waals surface area contributed by atoms with Crippen LogP contribution in [0.4, 0.5) is 0 Å². The van der Waals surface area contributed by atoms with Crippen LogP contribution in [0.3, 0.4) is 0 Å². The Kier molecular flexibility index (Phi) is 8.17. The lowest BCUT2D eigenvalue weighted by Gasteiger charge is -2.27. The lowest BCUT2D eigenvalue weighted by molar-refractivity contribution is 0.0536. The normalized spacial score (nSPS) is 13.8. The SMILES string of the molecule is Cc1cc(C(C)(C)c2ccc(OC[C@H](O)CO)cc2)ccc1OC[C@@H](C)CCl. The fourth-order valence-electron chi connectivity index (χ4n) is 2.86. The molecule has 0 fully saturated rings. The lowest BCUT2D eigenvalue weighted by atomic mass is 9.77. The zero-order chi connectivity index (χ0) is 20.7. The van der Waals surface area contributed by atoms with Crippen LogP contribution < -0.4 is 9.47 Å². The Balaban J connectivity index is 2.11. The molecule has 0 aliphatic rings. The van der Waals surface area contributed by atoms with Crippen molar-refractivity contribution in [3.05, 3.63) is 59.2 Å².